The van der Waals surface area contributed by atoms with E-state index in [1.165, 1.54) is 19.3 Å². The monoisotopic (exact) mass is 897 g/mol. The first-order valence-electron chi connectivity index (χ1n) is 23.5. The molecule has 4 rings (SSSR count). The van der Waals surface area contributed by atoms with Gasteiger partial charge in [0.1, 0.15) is 23.8 Å². The SMILES string of the molecule is CCC(C)C1C=CC2C(O)C(OC(=O)C=C(C)CC(=O)OCCC(=O)C3(C)C(C(C)CC)C=CC4C(O)C(OC(=O)C=C(C)CC(=O)OC)CC(C)C43)CC(C)C2C1(C)C(=O)CCO. The maximum Gasteiger partial charge on any atom is 0.331 e. The molecule has 16 atom stereocenters. The van der Waals surface area contributed by atoms with Crippen LogP contribution in [-0.2, 0) is 47.7 Å². The Morgan fingerprint density at radius 3 is 1.48 bits per heavy atom. The average molecular weight is 897 g/mol. The van der Waals surface area contributed by atoms with Gasteiger partial charge in [0.05, 0.1) is 38.8 Å². The summed E-state index contributed by atoms with van der Waals surface area (Å²) in [6.45, 7) is 19.1. The summed E-state index contributed by atoms with van der Waals surface area (Å²) in [6, 6.07) is 0. The summed E-state index contributed by atoms with van der Waals surface area (Å²) in [5.74, 6) is -4.08. The van der Waals surface area contributed by atoms with Crippen molar-refractivity contribution in [3.05, 3.63) is 47.6 Å². The van der Waals surface area contributed by atoms with Gasteiger partial charge in [-0.15, -0.1) is 0 Å². The fraction of sp³-hybridized carbons (Fsp3) is 0.725. The van der Waals surface area contributed by atoms with Gasteiger partial charge in [-0.3, -0.25) is 19.2 Å². The van der Waals surface area contributed by atoms with E-state index in [9.17, 15) is 44.1 Å². The first-order chi connectivity index (χ1) is 30.1. The number of ketones is 2. The van der Waals surface area contributed by atoms with Gasteiger partial charge in [0.2, 0.25) is 0 Å². The molecule has 2 fully saturated rings. The van der Waals surface area contributed by atoms with Crippen LogP contribution in [0.1, 0.15) is 121 Å². The minimum absolute atomic E-state index is 0.0259. The number of aliphatic hydroxyl groups excluding tert-OH is 3. The fourth-order valence-corrected chi connectivity index (χ4v) is 12.2. The Kier molecular flexibility index (Phi) is 18.5. The maximum absolute atomic E-state index is 14.4. The van der Waals surface area contributed by atoms with Crippen LogP contribution in [0.5, 0.6) is 0 Å². The van der Waals surface area contributed by atoms with Crippen LogP contribution in [0, 0.1) is 70.0 Å². The Morgan fingerprint density at radius 1 is 0.688 bits per heavy atom. The lowest BCUT2D eigenvalue weighted by atomic mass is 9.49. The lowest BCUT2D eigenvalue weighted by Crippen LogP contribution is -2.58. The molecule has 0 spiro atoms. The van der Waals surface area contributed by atoms with E-state index in [4.69, 9.17) is 14.2 Å². The van der Waals surface area contributed by atoms with Gasteiger partial charge < -0.3 is 34.3 Å². The predicted octanol–water partition coefficient (Wildman–Crippen LogP) is 6.85. The summed E-state index contributed by atoms with van der Waals surface area (Å²) in [7, 11) is 1.27. The molecule has 0 aromatic rings. The Morgan fingerprint density at radius 2 is 1.09 bits per heavy atom. The van der Waals surface area contributed by atoms with Gasteiger partial charge in [-0.25, -0.2) is 9.59 Å². The molecule has 0 aliphatic heterocycles. The summed E-state index contributed by atoms with van der Waals surface area (Å²) in [4.78, 5) is 78.8. The number of esters is 4. The molecule has 16 unspecified atom stereocenters. The standard InChI is InChI=1S/C51H76O13/c1-12-30(5)36-16-14-34-46(50(36,9)40(53)18-20-52)32(7)26-38(48(34)59)64-45(58)25-29(4)23-43(56)62-21-19-41(54)51(10)37(31(6)13-2)17-15-35-47(51)33(8)27-39(49(35)60)63-44(57)24-28(3)22-42(55)61-11/h14-17,24-25,30-39,46-49,52,59-60H,12-13,18-23,26-27H2,1-11H3. The van der Waals surface area contributed by atoms with Crippen LogP contribution in [-0.4, -0.2) is 95.5 Å². The van der Waals surface area contributed by atoms with Crippen molar-refractivity contribution < 1.29 is 63.0 Å². The number of carbonyl (C=O) groups excluding carboxylic acids is 6. The van der Waals surface area contributed by atoms with Crippen LogP contribution in [0.15, 0.2) is 47.6 Å². The van der Waals surface area contributed by atoms with Gasteiger partial charge in [-0.2, -0.15) is 0 Å². The van der Waals surface area contributed by atoms with E-state index in [0.29, 0.717) is 24.0 Å². The second-order valence-electron chi connectivity index (χ2n) is 19.9. The third-order valence-corrected chi connectivity index (χ3v) is 15.6. The predicted molar refractivity (Wildman–Crippen MR) is 240 cm³/mol. The largest absolute Gasteiger partial charge is 0.469 e. The highest BCUT2D eigenvalue weighted by Crippen LogP contribution is 2.58. The minimum Gasteiger partial charge on any atom is -0.469 e. The molecule has 64 heavy (non-hydrogen) atoms. The second kappa shape index (κ2) is 22.5. The molecular weight excluding hydrogens is 821 g/mol. The molecule has 0 bridgehead atoms. The van der Waals surface area contributed by atoms with E-state index >= 15 is 0 Å². The van der Waals surface area contributed by atoms with Crippen molar-refractivity contribution in [3.63, 3.8) is 0 Å². The van der Waals surface area contributed by atoms with Gasteiger partial charge in [0.15, 0.2) is 0 Å². The molecule has 3 N–H and O–H groups in total. The van der Waals surface area contributed by atoms with Gasteiger partial charge in [-0.05, 0) is 74.0 Å². The number of ether oxygens (including phenoxy) is 4. The molecule has 0 radical (unpaired) electrons. The Balaban J connectivity index is 1.38. The fourth-order valence-electron chi connectivity index (χ4n) is 12.2. The third-order valence-electron chi connectivity index (χ3n) is 15.6. The second-order valence-corrected chi connectivity index (χ2v) is 19.9. The minimum atomic E-state index is -1.07. The van der Waals surface area contributed by atoms with Crippen LogP contribution in [0.2, 0.25) is 0 Å². The van der Waals surface area contributed by atoms with Crippen LogP contribution >= 0.6 is 0 Å². The number of aliphatic hydroxyl groups is 3. The van der Waals surface area contributed by atoms with Crippen molar-refractivity contribution in [2.24, 2.45) is 70.0 Å². The molecule has 2 saturated carbocycles. The number of fused-ring (bicyclic) bond motifs is 2. The van der Waals surface area contributed by atoms with Gasteiger partial charge in [0, 0.05) is 54.3 Å². The highest BCUT2D eigenvalue weighted by molar-refractivity contribution is 5.88. The lowest BCUT2D eigenvalue weighted by Gasteiger charge is -2.55. The van der Waals surface area contributed by atoms with Crippen molar-refractivity contribution in [1.82, 2.24) is 0 Å². The quantitative estimate of drug-likeness (QED) is 0.0527. The van der Waals surface area contributed by atoms with Crippen molar-refractivity contribution in [3.8, 4) is 0 Å². The van der Waals surface area contributed by atoms with E-state index in [1.54, 1.807) is 13.8 Å². The molecule has 13 heteroatoms. The molecule has 0 aromatic heterocycles. The summed E-state index contributed by atoms with van der Waals surface area (Å²) < 4.78 is 21.8. The molecule has 0 amide bonds. The van der Waals surface area contributed by atoms with Crippen molar-refractivity contribution in [2.45, 2.75) is 145 Å². The Hall–Kier alpha value is -3.94. The number of Topliss-reactive ketones (excluding diaryl/α,β-unsaturated/α-hetero) is 2. The number of hydrogen-bond donors (Lipinski definition) is 3. The van der Waals surface area contributed by atoms with Gasteiger partial charge in [0.25, 0.3) is 0 Å². The highest BCUT2D eigenvalue weighted by atomic mass is 16.6. The van der Waals surface area contributed by atoms with Crippen LogP contribution in [0.3, 0.4) is 0 Å². The maximum atomic E-state index is 14.4. The first-order valence-corrected chi connectivity index (χ1v) is 23.5. The molecule has 0 saturated heterocycles. The lowest BCUT2D eigenvalue weighted by molar-refractivity contribution is -0.172. The number of carbonyl (C=O) groups is 6. The zero-order valence-corrected chi connectivity index (χ0v) is 40.0. The summed E-state index contributed by atoms with van der Waals surface area (Å²) in [5, 5.41) is 32.9. The normalized spacial score (nSPS) is 35.8. The molecule has 4 aliphatic carbocycles. The Labute approximate surface area is 380 Å². The topological polar surface area (TPSA) is 200 Å². The molecule has 358 valence electrons. The van der Waals surface area contributed by atoms with Crippen LogP contribution in [0.25, 0.3) is 0 Å². The number of rotatable bonds is 19. The zero-order chi connectivity index (χ0) is 47.8. The molecule has 4 aliphatic rings. The summed E-state index contributed by atoms with van der Waals surface area (Å²) in [6.07, 6.45) is 8.67. The summed E-state index contributed by atoms with van der Waals surface area (Å²) in [5.41, 5.74) is -0.882. The van der Waals surface area contributed by atoms with E-state index in [2.05, 4.69) is 32.4 Å². The van der Waals surface area contributed by atoms with Crippen molar-refractivity contribution >= 4 is 35.4 Å². The van der Waals surface area contributed by atoms with Gasteiger partial charge in [-0.1, -0.05) is 104 Å². The van der Waals surface area contributed by atoms with E-state index in [1.807, 2.05) is 52.0 Å². The molecule has 0 aromatic carbocycles. The van der Waals surface area contributed by atoms with Crippen molar-refractivity contribution in [2.75, 3.05) is 20.3 Å². The number of methoxy groups -OCH3 is 1. The highest BCUT2D eigenvalue weighted by Gasteiger charge is 2.59. The zero-order valence-electron chi connectivity index (χ0n) is 40.0. The van der Waals surface area contributed by atoms with Gasteiger partial charge >= 0.3 is 23.9 Å². The number of hydrogen-bond acceptors (Lipinski definition) is 13. The van der Waals surface area contributed by atoms with Crippen molar-refractivity contribution in [1.29, 1.82) is 0 Å². The smallest absolute Gasteiger partial charge is 0.331 e. The molecule has 13 nitrogen and oxygen atoms in total. The van der Waals surface area contributed by atoms with Crippen LogP contribution in [0.4, 0.5) is 0 Å². The van der Waals surface area contributed by atoms with E-state index < -0.39 is 71.0 Å². The summed E-state index contributed by atoms with van der Waals surface area (Å²) >= 11 is 0. The third kappa shape index (κ3) is 11.3. The first kappa shape index (κ1) is 52.7. The molecular formula is C51H76O13. The number of allylic oxidation sites excluding steroid dienone is 2. The molecule has 0 heterocycles. The van der Waals surface area contributed by atoms with E-state index in [-0.39, 0.29) is 97.8 Å². The van der Waals surface area contributed by atoms with Crippen LogP contribution < -0.4 is 0 Å². The van der Waals surface area contributed by atoms with E-state index in [0.717, 1.165) is 12.8 Å². The Bertz CT molecular complexity index is 1830. The average Bonchev–Trinajstić information content (AvgIpc) is 3.23.